The normalized spacial score (nSPS) is 12.2. The summed E-state index contributed by atoms with van der Waals surface area (Å²) >= 11 is 0. The molecule has 0 bridgehead atoms. The molecule has 1 amide bonds. The molecule has 2 aromatic rings. The van der Waals surface area contributed by atoms with Gasteiger partial charge in [-0.25, -0.2) is 0 Å². The second-order valence-corrected chi connectivity index (χ2v) is 5.21. The van der Waals surface area contributed by atoms with E-state index in [1.165, 1.54) is 0 Å². The Bertz CT molecular complexity index is 639. The summed E-state index contributed by atoms with van der Waals surface area (Å²) in [6.45, 7) is 4.07. The molecule has 0 spiro atoms. The van der Waals surface area contributed by atoms with E-state index < -0.39 is 0 Å². The van der Waals surface area contributed by atoms with Crippen LogP contribution in [-0.2, 0) is 4.79 Å². The molecule has 0 aliphatic rings. The Labute approximate surface area is 130 Å². The summed E-state index contributed by atoms with van der Waals surface area (Å²) < 4.78 is 10.3. The highest BCUT2D eigenvalue weighted by molar-refractivity contribution is 5.90. The second kappa shape index (κ2) is 7.09. The number of aryl methyl sites for hydroxylation is 1. The van der Waals surface area contributed by atoms with Crippen molar-refractivity contribution < 1.29 is 14.1 Å². The maximum atomic E-state index is 12.1. The van der Waals surface area contributed by atoms with Gasteiger partial charge in [-0.15, -0.1) is 0 Å². The van der Waals surface area contributed by atoms with Gasteiger partial charge in [-0.3, -0.25) is 15.0 Å². The fourth-order valence-electron chi connectivity index (χ4n) is 2.21. The lowest BCUT2D eigenvalue weighted by molar-refractivity contribution is -0.117. The van der Waals surface area contributed by atoms with E-state index in [4.69, 9.17) is 9.26 Å². The summed E-state index contributed by atoms with van der Waals surface area (Å²) in [6, 6.07) is 9.52. The van der Waals surface area contributed by atoms with E-state index in [0.717, 1.165) is 17.0 Å². The zero-order chi connectivity index (χ0) is 16.1. The smallest absolute Gasteiger partial charge is 0.240 e. The Morgan fingerprint density at radius 2 is 2.18 bits per heavy atom. The second-order valence-electron chi connectivity index (χ2n) is 5.21. The Morgan fingerprint density at radius 3 is 2.82 bits per heavy atom. The number of amides is 1. The average Bonchev–Trinajstić information content (AvgIpc) is 2.91. The third-order valence-electron chi connectivity index (χ3n) is 3.53. The molecule has 1 heterocycles. The molecule has 2 rings (SSSR count). The van der Waals surface area contributed by atoms with Crippen LogP contribution in [0.4, 0.5) is 5.88 Å². The van der Waals surface area contributed by atoms with E-state index in [1.54, 1.807) is 20.1 Å². The zero-order valence-corrected chi connectivity index (χ0v) is 13.3. The highest BCUT2D eigenvalue weighted by Crippen LogP contribution is 2.27. The number of nitrogens with zero attached hydrogens (tertiary/aromatic N) is 2. The number of likely N-dealkylation sites (N-methyl/N-ethyl adjacent to an activating group) is 1. The summed E-state index contributed by atoms with van der Waals surface area (Å²) in [5.74, 6) is 1.02. The van der Waals surface area contributed by atoms with Gasteiger partial charge in [0.25, 0.3) is 0 Å². The van der Waals surface area contributed by atoms with Crippen molar-refractivity contribution in [1.82, 2.24) is 10.1 Å². The van der Waals surface area contributed by atoms with Crippen LogP contribution < -0.4 is 10.1 Å². The van der Waals surface area contributed by atoms with Crippen LogP contribution in [0, 0.1) is 6.92 Å². The maximum Gasteiger partial charge on any atom is 0.240 e. The minimum atomic E-state index is -0.152. The number of methoxy groups -OCH3 is 1. The van der Waals surface area contributed by atoms with Crippen molar-refractivity contribution in [2.24, 2.45) is 0 Å². The van der Waals surface area contributed by atoms with E-state index in [9.17, 15) is 4.79 Å². The van der Waals surface area contributed by atoms with Gasteiger partial charge in [0.05, 0.1) is 19.3 Å². The van der Waals surface area contributed by atoms with Gasteiger partial charge in [-0.2, -0.15) is 0 Å². The fraction of sp³-hybridized carbons (Fsp3) is 0.375. The van der Waals surface area contributed by atoms with Crippen molar-refractivity contribution in [3.63, 3.8) is 0 Å². The molecule has 0 saturated carbocycles. The molecule has 1 N–H and O–H groups in total. The lowest BCUT2D eigenvalue weighted by atomic mass is 10.1. The summed E-state index contributed by atoms with van der Waals surface area (Å²) in [5, 5.41) is 6.42. The molecule has 0 fully saturated rings. The van der Waals surface area contributed by atoms with Gasteiger partial charge in [0.2, 0.25) is 11.8 Å². The number of para-hydroxylation sites is 1. The van der Waals surface area contributed by atoms with E-state index in [-0.39, 0.29) is 18.5 Å². The third-order valence-corrected chi connectivity index (χ3v) is 3.53. The Morgan fingerprint density at radius 1 is 1.45 bits per heavy atom. The number of anilines is 1. The van der Waals surface area contributed by atoms with Gasteiger partial charge >= 0.3 is 0 Å². The van der Waals surface area contributed by atoms with Crippen LogP contribution in [0.15, 0.2) is 34.9 Å². The SMILES string of the molecule is COc1ccccc1[C@H](C)N(C)CC(=O)Nc1cc(C)no1. The number of benzene rings is 1. The number of carbonyl (C=O) groups is 1. The van der Waals surface area contributed by atoms with Gasteiger partial charge in [0, 0.05) is 17.7 Å². The number of rotatable bonds is 6. The first-order valence-corrected chi connectivity index (χ1v) is 7.07. The molecule has 6 nitrogen and oxygen atoms in total. The molecule has 1 aromatic heterocycles. The fourth-order valence-corrected chi connectivity index (χ4v) is 2.21. The Kier molecular flexibility index (Phi) is 5.16. The van der Waals surface area contributed by atoms with Crippen LogP contribution in [0.25, 0.3) is 0 Å². The minimum Gasteiger partial charge on any atom is -0.496 e. The number of hydrogen-bond acceptors (Lipinski definition) is 5. The van der Waals surface area contributed by atoms with Crippen molar-refractivity contribution in [2.75, 3.05) is 26.0 Å². The number of nitrogens with one attached hydrogen (secondary N) is 1. The lowest BCUT2D eigenvalue weighted by Crippen LogP contribution is -2.32. The Balaban J connectivity index is 1.98. The van der Waals surface area contributed by atoms with Crippen LogP contribution in [0.3, 0.4) is 0 Å². The first-order valence-electron chi connectivity index (χ1n) is 7.07. The molecule has 6 heteroatoms. The molecule has 1 aromatic carbocycles. The van der Waals surface area contributed by atoms with Crippen molar-refractivity contribution in [3.8, 4) is 5.75 Å². The first kappa shape index (κ1) is 16.0. The van der Waals surface area contributed by atoms with Crippen molar-refractivity contribution >= 4 is 11.8 Å². The van der Waals surface area contributed by atoms with E-state index in [1.807, 2.05) is 43.1 Å². The quantitative estimate of drug-likeness (QED) is 0.888. The summed E-state index contributed by atoms with van der Waals surface area (Å²) in [4.78, 5) is 14.0. The summed E-state index contributed by atoms with van der Waals surface area (Å²) in [5.41, 5.74) is 1.77. The maximum absolute atomic E-state index is 12.1. The molecule has 0 unspecified atom stereocenters. The predicted octanol–water partition coefficient (Wildman–Crippen LogP) is 2.62. The highest BCUT2D eigenvalue weighted by Gasteiger charge is 2.18. The monoisotopic (exact) mass is 303 g/mol. The van der Waals surface area contributed by atoms with E-state index in [2.05, 4.69) is 10.5 Å². The van der Waals surface area contributed by atoms with Gasteiger partial charge in [-0.05, 0) is 27.0 Å². The minimum absolute atomic E-state index is 0.0402. The molecule has 0 saturated heterocycles. The van der Waals surface area contributed by atoms with Gasteiger partial charge in [0.1, 0.15) is 5.75 Å². The third kappa shape index (κ3) is 3.85. The first-order chi connectivity index (χ1) is 10.5. The molecule has 118 valence electrons. The number of ether oxygens (including phenoxy) is 1. The number of hydrogen-bond donors (Lipinski definition) is 1. The molecular formula is C16H21N3O3. The zero-order valence-electron chi connectivity index (χ0n) is 13.3. The van der Waals surface area contributed by atoms with Gasteiger partial charge in [0.15, 0.2) is 0 Å². The van der Waals surface area contributed by atoms with Crippen LogP contribution in [0.5, 0.6) is 5.75 Å². The Hall–Kier alpha value is -2.34. The van der Waals surface area contributed by atoms with Crippen molar-refractivity contribution in [2.45, 2.75) is 19.9 Å². The van der Waals surface area contributed by atoms with Crippen molar-refractivity contribution in [3.05, 3.63) is 41.6 Å². The van der Waals surface area contributed by atoms with Crippen LogP contribution in [-0.4, -0.2) is 36.7 Å². The van der Waals surface area contributed by atoms with Gasteiger partial charge < -0.3 is 9.26 Å². The molecule has 22 heavy (non-hydrogen) atoms. The largest absolute Gasteiger partial charge is 0.496 e. The molecule has 1 atom stereocenters. The van der Waals surface area contributed by atoms with Gasteiger partial charge in [-0.1, -0.05) is 23.4 Å². The number of aromatic nitrogens is 1. The molecule has 0 aliphatic heterocycles. The standard InChI is InChI=1S/C16H21N3O3/c1-11-9-16(22-18-11)17-15(20)10-19(3)12(2)13-7-5-6-8-14(13)21-4/h5-9,12H,10H2,1-4H3,(H,17,20)/t12-/m0/s1. The van der Waals surface area contributed by atoms with E-state index >= 15 is 0 Å². The molecule has 0 radical (unpaired) electrons. The lowest BCUT2D eigenvalue weighted by Gasteiger charge is -2.25. The molecule has 0 aliphatic carbocycles. The van der Waals surface area contributed by atoms with E-state index in [0.29, 0.717) is 5.88 Å². The number of carbonyl (C=O) groups excluding carboxylic acids is 1. The summed E-state index contributed by atoms with van der Waals surface area (Å²) in [6.07, 6.45) is 0. The van der Waals surface area contributed by atoms with Crippen molar-refractivity contribution in [1.29, 1.82) is 0 Å². The summed E-state index contributed by atoms with van der Waals surface area (Å²) in [7, 11) is 3.53. The van der Waals surface area contributed by atoms with Crippen LogP contribution in [0.1, 0.15) is 24.2 Å². The van der Waals surface area contributed by atoms with Crippen LogP contribution >= 0.6 is 0 Å². The molecular weight excluding hydrogens is 282 g/mol. The predicted molar refractivity (Wildman–Crippen MR) is 83.9 cm³/mol. The topological polar surface area (TPSA) is 67.6 Å². The average molecular weight is 303 g/mol. The highest BCUT2D eigenvalue weighted by atomic mass is 16.5. The van der Waals surface area contributed by atoms with Crippen LogP contribution in [0.2, 0.25) is 0 Å².